The molecular formula is C6H5CdFO3S. The van der Waals surface area contributed by atoms with Crippen molar-refractivity contribution in [3.05, 3.63) is 30.1 Å². The first kappa shape index (κ1) is 12.0. The second-order valence-electron chi connectivity index (χ2n) is 1.93. The maximum absolute atomic E-state index is 12.2. The van der Waals surface area contributed by atoms with Crippen molar-refractivity contribution in [1.82, 2.24) is 0 Å². The zero-order valence-electron chi connectivity index (χ0n) is 6.07. The van der Waals surface area contributed by atoms with Crippen LogP contribution < -0.4 is 0 Å². The molecule has 62 valence electrons. The minimum Gasteiger partial charge on any atom is -0.282 e. The van der Waals surface area contributed by atoms with Crippen molar-refractivity contribution >= 4 is 10.1 Å². The first-order chi connectivity index (χ1) is 5.00. The molecule has 0 saturated carbocycles. The summed E-state index contributed by atoms with van der Waals surface area (Å²) in [7, 11) is -4.19. The number of hydrogen-bond donors (Lipinski definition) is 1. The third-order valence-electron chi connectivity index (χ3n) is 1.11. The van der Waals surface area contributed by atoms with Crippen LogP contribution in [0.15, 0.2) is 29.2 Å². The summed E-state index contributed by atoms with van der Waals surface area (Å²) in [6.45, 7) is 0. The van der Waals surface area contributed by atoms with Crippen molar-refractivity contribution in [3.63, 3.8) is 0 Å². The van der Waals surface area contributed by atoms with E-state index in [4.69, 9.17) is 4.55 Å². The van der Waals surface area contributed by atoms with Gasteiger partial charge >= 0.3 is 0 Å². The van der Waals surface area contributed by atoms with Crippen molar-refractivity contribution in [3.8, 4) is 0 Å². The molecule has 6 heteroatoms. The van der Waals surface area contributed by atoms with Gasteiger partial charge < -0.3 is 0 Å². The van der Waals surface area contributed by atoms with Crippen LogP contribution in [0.3, 0.4) is 0 Å². The van der Waals surface area contributed by atoms with Crippen LogP contribution in [-0.2, 0) is 37.4 Å². The molecule has 0 heterocycles. The average molecular weight is 289 g/mol. The summed E-state index contributed by atoms with van der Waals surface area (Å²) in [4.78, 5) is -0.307. The molecule has 0 fully saturated rings. The molecule has 1 aromatic rings. The molecule has 0 spiro atoms. The van der Waals surface area contributed by atoms with E-state index in [0.717, 1.165) is 24.3 Å². The number of halogens is 1. The Morgan fingerprint density at radius 3 is 1.92 bits per heavy atom. The number of benzene rings is 1. The van der Waals surface area contributed by atoms with E-state index in [1.165, 1.54) is 0 Å². The molecule has 3 nitrogen and oxygen atoms in total. The van der Waals surface area contributed by atoms with E-state index in [0.29, 0.717) is 0 Å². The third-order valence-corrected chi connectivity index (χ3v) is 1.98. The van der Waals surface area contributed by atoms with Gasteiger partial charge in [-0.2, -0.15) is 8.42 Å². The molecule has 1 aromatic carbocycles. The van der Waals surface area contributed by atoms with Gasteiger partial charge in [0.05, 0.1) is 4.90 Å². The molecule has 1 N–H and O–H groups in total. The molecule has 0 atom stereocenters. The van der Waals surface area contributed by atoms with E-state index >= 15 is 0 Å². The fourth-order valence-electron chi connectivity index (χ4n) is 0.607. The van der Waals surface area contributed by atoms with Gasteiger partial charge in [0, 0.05) is 27.3 Å². The minimum atomic E-state index is -4.19. The van der Waals surface area contributed by atoms with Gasteiger partial charge in [0.25, 0.3) is 10.1 Å². The van der Waals surface area contributed by atoms with E-state index in [2.05, 4.69) is 0 Å². The van der Waals surface area contributed by atoms with E-state index in [1.54, 1.807) is 0 Å². The summed E-state index contributed by atoms with van der Waals surface area (Å²) in [5.41, 5.74) is 0. The van der Waals surface area contributed by atoms with Crippen molar-refractivity contribution < 1.29 is 44.7 Å². The molecule has 0 aliphatic carbocycles. The second-order valence-corrected chi connectivity index (χ2v) is 3.35. The molecule has 0 saturated heterocycles. The molecule has 0 unspecified atom stereocenters. The molecule has 0 aromatic heterocycles. The molecular weight excluding hydrogens is 284 g/mol. The smallest absolute Gasteiger partial charge is 0.282 e. The Morgan fingerprint density at radius 2 is 1.58 bits per heavy atom. The maximum Gasteiger partial charge on any atom is 0.294 e. The Balaban J connectivity index is 0.00000121. The van der Waals surface area contributed by atoms with Crippen molar-refractivity contribution in [2.45, 2.75) is 4.90 Å². The quantitative estimate of drug-likeness (QED) is 0.621. The van der Waals surface area contributed by atoms with Gasteiger partial charge in [-0.05, 0) is 24.3 Å². The van der Waals surface area contributed by atoms with Crippen LogP contribution in [-0.4, -0.2) is 13.0 Å². The van der Waals surface area contributed by atoms with Crippen LogP contribution in [0.2, 0.25) is 0 Å². The molecule has 0 radical (unpaired) electrons. The molecule has 0 aliphatic rings. The van der Waals surface area contributed by atoms with Crippen LogP contribution >= 0.6 is 0 Å². The third kappa shape index (κ3) is 3.15. The summed E-state index contributed by atoms with van der Waals surface area (Å²) < 4.78 is 41.4. The van der Waals surface area contributed by atoms with Gasteiger partial charge in [-0.1, -0.05) is 0 Å². The zero-order valence-corrected chi connectivity index (χ0v) is 10.9. The van der Waals surface area contributed by atoms with Gasteiger partial charge in [0.1, 0.15) is 5.82 Å². The second kappa shape index (κ2) is 4.28. The van der Waals surface area contributed by atoms with E-state index in [-0.39, 0.29) is 32.2 Å². The summed E-state index contributed by atoms with van der Waals surface area (Å²) in [6.07, 6.45) is 0. The summed E-state index contributed by atoms with van der Waals surface area (Å²) in [6, 6.07) is 3.90. The van der Waals surface area contributed by atoms with Crippen LogP contribution in [0.1, 0.15) is 0 Å². The predicted molar refractivity (Wildman–Crippen MR) is 36.2 cm³/mol. The minimum absolute atomic E-state index is 0. The number of hydrogen-bond acceptors (Lipinski definition) is 2. The fourth-order valence-corrected chi connectivity index (χ4v) is 1.09. The van der Waals surface area contributed by atoms with Gasteiger partial charge in [0.2, 0.25) is 0 Å². The molecule has 0 amide bonds. The normalized spacial score (nSPS) is 10.5. The summed E-state index contributed by atoms with van der Waals surface area (Å²) >= 11 is 0. The Morgan fingerprint density at radius 1 is 1.17 bits per heavy atom. The van der Waals surface area contributed by atoms with E-state index in [1.807, 2.05) is 0 Å². The molecule has 0 bridgehead atoms. The first-order valence-corrected chi connectivity index (χ1v) is 4.17. The predicted octanol–water partition coefficient (Wildman–Crippen LogP) is 1.07. The SMILES string of the molecule is O=S(=O)(O)c1ccc(F)cc1.[Cd]. The van der Waals surface area contributed by atoms with Crippen molar-refractivity contribution in [2.75, 3.05) is 0 Å². The monoisotopic (exact) mass is 290 g/mol. The summed E-state index contributed by atoms with van der Waals surface area (Å²) in [5, 5.41) is 0. The molecule has 1 rings (SSSR count). The van der Waals surface area contributed by atoms with E-state index < -0.39 is 15.9 Å². The first-order valence-electron chi connectivity index (χ1n) is 2.73. The van der Waals surface area contributed by atoms with Crippen molar-refractivity contribution in [2.24, 2.45) is 0 Å². The van der Waals surface area contributed by atoms with Gasteiger partial charge in [-0.25, -0.2) is 4.39 Å². The van der Waals surface area contributed by atoms with Crippen LogP contribution in [0, 0.1) is 5.82 Å². The van der Waals surface area contributed by atoms with Crippen LogP contribution in [0.25, 0.3) is 0 Å². The Bertz CT molecular complexity index is 346. The standard InChI is InChI=1S/C6H5FO3S.Cd/c7-5-1-3-6(4-2-5)11(8,9)10;/h1-4H,(H,8,9,10);. The Labute approximate surface area is 89.5 Å². The topological polar surface area (TPSA) is 54.4 Å². The Kier molecular flexibility index (Phi) is 4.28. The van der Waals surface area contributed by atoms with Gasteiger partial charge in [-0.15, -0.1) is 0 Å². The van der Waals surface area contributed by atoms with Crippen LogP contribution in [0.4, 0.5) is 4.39 Å². The Hall–Kier alpha value is -0.0179. The zero-order chi connectivity index (χ0) is 8.48. The summed E-state index contributed by atoms with van der Waals surface area (Å²) in [5.74, 6) is -0.544. The fraction of sp³-hybridized carbons (Fsp3) is 0. The van der Waals surface area contributed by atoms with Crippen LogP contribution in [0.5, 0.6) is 0 Å². The van der Waals surface area contributed by atoms with E-state index in [9.17, 15) is 12.8 Å². The molecule has 0 aliphatic heterocycles. The van der Waals surface area contributed by atoms with Gasteiger partial charge in [0.15, 0.2) is 0 Å². The average Bonchev–Trinajstić information content (AvgIpc) is 1.86. The largest absolute Gasteiger partial charge is 0.294 e. The maximum atomic E-state index is 12.2. The van der Waals surface area contributed by atoms with Crippen molar-refractivity contribution in [1.29, 1.82) is 0 Å². The number of rotatable bonds is 1. The van der Waals surface area contributed by atoms with Gasteiger partial charge in [-0.3, -0.25) is 4.55 Å². The molecule has 12 heavy (non-hydrogen) atoms.